The molecule has 24 heavy (non-hydrogen) atoms. The Kier molecular flexibility index (Phi) is 4.83. The maximum absolute atomic E-state index is 10.8. The molecule has 1 saturated heterocycles. The molecule has 2 aromatic rings. The normalized spacial score (nSPS) is 27.9. The van der Waals surface area contributed by atoms with E-state index in [0.29, 0.717) is 11.0 Å². The lowest BCUT2D eigenvalue weighted by Gasteiger charge is -2.17. The summed E-state index contributed by atoms with van der Waals surface area (Å²) in [5, 5.41) is 20.8. The van der Waals surface area contributed by atoms with Crippen molar-refractivity contribution in [2.45, 2.75) is 24.5 Å². The summed E-state index contributed by atoms with van der Waals surface area (Å²) in [5.74, 6) is 0.262. The van der Waals surface area contributed by atoms with Gasteiger partial charge in [0.2, 0.25) is 0 Å². The van der Waals surface area contributed by atoms with Gasteiger partial charge < -0.3 is 35.0 Å². The number of nitrogen functional groups attached to an aromatic ring is 1. The molecule has 11 nitrogen and oxygen atoms in total. The van der Waals surface area contributed by atoms with Gasteiger partial charge in [-0.15, -0.1) is 0 Å². The van der Waals surface area contributed by atoms with Gasteiger partial charge in [0.1, 0.15) is 36.1 Å². The standard InChI is InChI=1S/C11H14IN4O7P/c12-4-1-16(10-6(4)9(13)14-3-15-10)11-8(18)7(17)5(23-11)2-22-24(19,20)21/h1,3,5,7-8,11,17-18H,2H2,(H2,13,14,15)(H2,19,20,21)/t5-,7?,8+,11-/m1/s1. The van der Waals surface area contributed by atoms with Gasteiger partial charge in [0.05, 0.1) is 12.0 Å². The van der Waals surface area contributed by atoms with Crippen LogP contribution in [-0.4, -0.2) is 59.5 Å². The van der Waals surface area contributed by atoms with Crippen molar-refractivity contribution in [3.8, 4) is 0 Å². The Balaban J connectivity index is 1.90. The highest BCUT2D eigenvalue weighted by molar-refractivity contribution is 14.1. The second kappa shape index (κ2) is 6.46. The molecule has 3 heterocycles. The lowest BCUT2D eigenvalue weighted by Crippen LogP contribution is -2.33. The number of aliphatic hydroxyl groups is 2. The number of hydrogen-bond acceptors (Lipinski definition) is 8. The third-order valence-corrected chi connectivity index (χ3v) is 4.91. The van der Waals surface area contributed by atoms with Gasteiger partial charge >= 0.3 is 7.82 Å². The first-order valence-electron chi connectivity index (χ1n) is 6.67. The number of hydrogen-bond donors (Lipinski definition) is 5. The van der Waals surface area contributed by atoms with Crippen LogP contribution in [0.5, 0.6) is 0 Å². The topological polar surface area (TPSA) is 173 Å². The van der Waals surface area contributed by atoms with E-state index < -0.39 is 39.0 Å². The summed E-state index contributed by atoms with van der Waals surface area (Å²) in [5.41, 5.74) is 6.23. The van der Waals surface area contributed by atoms with Crippen molar-refractivity contribution in [1.82, 2.24) is 14.5 Å². The molecular weight excluding hydrogens is 458 g/mol. The highest BCUT2D eigenvalue weighted by Gasteiger charge is 2.45. The maximum Gasteiger partial charge on any atom is 0.469 e. The summed E-state index contributed by atoms with van der Waals surface area (Å²) >= 11 is 2.03. The van der Waals surface area contributed by atoms with E-state index in [-0.39, 0.29) is 5.82 Å². The van der Waals surface area contributed by atoms with Crippen LogP contribution < -0.4 is 5.73 Å². The van der Waals surface area contributed by atoms with Gasteiger partial charge in [0, 0.05) is 9.77 Å². The van der Waals surface area contributed by atoms with E-state index >= 15 is 0 Å². The van der Waals surface area contributed by atoms with Crippen LogP contribution in [0.1, 0.15) is 6.23 Å². The molecule has 0 bridgehead atoms. The first kappa shape index (κ1) is 17.9. The Labute approximate surface area is 148 Å². The number of aromatic nitrogens is 3. The molecule has 6 N–H and O–H groups in total. The molecule has 1 fully saturated rings. The van der Waals surface area contributed by atoms with Crippen LogP contribution >= 0.6 is 30.4 Å². The quantitative estimate of drug-likeness (QED) is 0.284. The molecule has 3 rings (SSSR count). The molecule has 1 aliphatic heterocycles. The average molecular weight is 472 g/mol. The number of halogens is 1. The molecule has 1 unspecified atom stereocenters. The summed E-state index contributed by atoms with van der Waals surface area (Å²) in [6.07, 6.45) is -1.99. The van der Waals surface area contributed by atoms with Gasteiger partial charge in [-0.2, -0.15) is 0 Å². The Morgan fingerprint density at radius 3 is 2.75 bits per heavy atom. The molecular formula is C11H14IN4O7P. The number of nitrogens with zero attached hydrogens (tertiary/aromatic N) is 3. The van der Waals surface area contributed by atoms with Crippen LogP contribution in [0, 0.1) is 3.57 Å². The maximum atomic E-state index is 10.8. The zero-order valence-corrected chi connectivity index (χ0v) is 15.0. The Hall–Kier alpha value is -0.860. The second-order valence-corrected chi connectivity index (χ2v) is 7.58. The number of phosphoric ester groups is 1. The molecule has 0 amide bonds. The molecule has 0 saturated carbocycles. The van der Waals surface area contributed by atoms with Gasteiger partial charge in [-0.05, 0) is 22.6 Å². The van der Waals surface area contributed by atoms with Crippen LogP contribution in [0.4, 0.5) is 5.82 Å². The fraction of sp³-hybridized carbons (Fsp3) is 0.455. The molecule has 132 valence electrons. The SMILES string of the molecule is Nc1ncnc2c1c(I)cn2[C@@H]1O[C@H](COP(=O)(O)O)C(O)[C@@H]1O. The van der Waals surface area contributed by atoms with Crippen LogP contribution in [0.2, 0.25) is 0 Å². The Morgan fingerprint density at radius 1 is 1.38 bits per heavy atom. The molecule has 0 aromatic carbocycles. The van der Waals surface area contributed by atoms with E-state index in [1.807, 2.05) is 22.6 Å². The number of nitrogens with two attached hydrogens (primary N) is 1. The Morgan fingerprint density at radius 2 is 2.08 bits per heavy atom. The molecule has 2 aromatic heterocycles. The van der Waals surface area contributed by atoms with Crippen LogP contribution in [0.3, 0.4) is 0 Å². The van der Waals surface area contributed by atoms with Gasteiger partial charge in [0.25, 0.3) is 0 Å². The van der Waals surface area contributed by atoms with Crippen molar-refractivity contribution in [3.63, 3.8) is 0 Å². The summed E-state index contributed by atoms with van der Waals surface area (Å²) in [6.45, 7) is -0.577. The minimum atomic E-state index is -4.72. The van der Waals surface area contributed by atoms with Gasteiger partial charge in [0.15, 0.2) is 6.23 Å². The molecule has 0 spiro atoms. The highest BCUT2D eigenvalue weighted by Crippen LogP contribution is 2.39. The van der Waals surface area contributed by atoms with Crippen molar-refractivity contribution in [2.24, 2.45) is 0 Å². The third kappa shape index (κ3) is 3.28. The fourth-order valence-corrected chi connectivity index (χ4v) is 3.68. The van der Waals surface area contributed by atoms with E-state index in [2.05, 4.69) is 14.5 Å². The van der Waals surface area contributed by atoms with Crippen LogP contribution in [0.15, 0.2) is 12.5 Å². The zero-order chi connectivity index (χ0) is 17.6. The van der Waals surface area contributed by atoms with E-state index in [1.54, 1.807) is 6.20 Å². The number of aliphatic hydroxyl groups excluding tert-OH is 2. The predicted molar refractivity (Wildman–Crippen MR) is 88.6 cm³/mol. The smallest absolute Gasteiger partial charge is 0.387 e. The largest absolute Gasteiger partial charge is 0.469 e. The van der Waals surface area contributed by atoms with Crippen molar-refractivity contribution >= 4 is 47.3 Å². The van der Waals surface area contributed by atoms with E-state index in [9.17, 15) is 14.8 Å². The van der Waals surface area contributed by atoms with Gasteiger partial charge in [-0.25, -0.2) is 14.5 Å². The number of anilines is 1. The third-order valence-electron chi connectivity index (χ3n) is 3.61. The predicted octanol–water partition coefficient (Wildman–Crippen LogP) is -0.653. The van der Waals surface area contributed by atoms with Gasteiger partial charge in [-0.1, -0.05) is 0 Å². The van der Waals surface area contributed by atoms with Crippen molar-refractivity contribution in [3.05, 3.63) is 16.1 Å². The lowest BCUT2D eigenvalue weighted by atomic mass is 10.1. The molecule has 4 atom stereocenters. The van der Waals surface area contributed by atoms with Crippen LogP contribution in [0.25, 0.3) is 11.0 Å². The first-order valence-corrected chi connectivity index (χ1v) is 9.28. The summed E-state index contributed by atoms with van der Waals surface area (Å²) in [7, 11) is -4.72. The van der Waals surface area contributed by atoms with E-state index in [1.165, 1.54) is 10.9 Å². The highest BCUT2D eigenvalue weighted by atomic mass is 127. The van der Waals surface area contributed by atoms with Gasteiger partial charge in [-0.3, -0.25) is 4.52 Å². The van der Waals surface area contributed by atoms with Crippen molar-refractivity contribution in [1.29, 1.82) is 0 Å². The van der Waals surface area contributed by atoms with Crippen LogP contribution in [-0.2, 0) is 13.8 Å². The monoisotopic (exact) mass is 472 g/mol. The number of phosphoric acid groups is 1. The zero-order valence-electron chi connectivity index (χ0n) is 11.9. The van der Waals surface area contributed by atoms with Crippen molar-refractivity contribution < 1.29 is 33.8 Å². The molecule has 1 aliphatic rings. The summed E-state index contributed by atoms with van der Waals surface area (Å²) in [4.78, 5) is 25.5. The summed E-state index contributed by atoms with van der Waals surface area (Å²) < 4.78 is 22.8. The molecule has 13 heteroatoms. The molecule has 0 radical (unpaired) electrons. The minimum absolute atomic E-state index is 0.262. The first-order chi connectivity index (χ1) is 11.2. The number of ether oxygens (including phenoxy) is 1. The number of fused-ring (bicyclic) bond motifs is 1. The number of rotatable bonds is 4. The fourth-order valence-electron chi connectivity index (χ4n) is 2.52. The van der Waals surface area contributed by atoms with Crippen molar-refractivity contribution in [2.75, 3.05) is 12.3 Å². The average Bonchev–Trinajstić information content (AvgIpc) is 2.96. The Bertz CT molecular complexity index is 811. The van der Waals surface area contributed by atoms with E-state index in [4.69, 9.17) is 20.3 Å². The minimum Gasteiger partial charge on any atom is -0.387 e. The lowest BCUT2D eigenvalue weighted by molar-refractivity contribution is -0.0502. The van der Waals surface area contributed by atoms with E-state index in [0.717, 1.165) is 3.57 Å². The molecule has 0 aliphatic carbocycles. The summed E-state index contributed by atoms with van der Waals surface area (Å²) in [6, 6.07) is 0. The second-order valence-electron chi connectivity index (χ2n) is 5.17.